The molecule has 1 aromatic carbocycles. The van der Waals surface area contributed by atoms with Gasteiger partial charge in [0.2, 0.25) is 5.95 Å². The standard InChI is InChI=1S/C20H19FN4O2/c21-19-11-18(15(13-26)12-23-19)25-20(27)24-17-8-9-22-16(10-17)7-6-14-4-2-1-3-5-14/h1-5,8-12,26H,6-7,13H2,(H2,22,23,24,25,27). The highest BCUT2D eigenvalue weighted by Crippen LogP contribution is 2.16. The van der Waals surface area contributed by atoms with Gasteiger partial charge in [0.15, 0.2) is 0 Å². The molecule has 0 spiro atoms. The van der Waals surface area contributed by atoms with Crippen LogP contribution in [-0.4, -0.2) is 21.1 Å². The van der Waals surface area contributed by atoms with Crippen LogP contribution in [0.4, 0.5) is 20.6 Å². The van der Waals surface area contributed by atoms with E-state index in [1.54, 1.807) is 18.3 Å². The summed E-state index contributed by atoms with van der Waals surface area (Å²) in [5.41, 5.74) is 3.13. The van der Waals surface area contributed by atoms with E-state index in [9.17, 15) is 14.3 Å². The predicted octanol–water partition coefficient (Wildman–Crippen LogP) is 3.54. The molecule has 0 unspecified atom stereocenters. The maximum absolute atomic E-state index is 13.3. The van der Waals surface area contributed by atoms with Gasteiger partial charge in [-0.05, 0) is 30.5 Å². The molecule has 3 N–H and O–H groups in total. The molecular formula is C20H19FN4O2. The maximum atomic E-state index is 13.3. The number of amides is 2. The van der Waals surface area contributed by atoms with E-state index >= 15 is 0 Å². The third kappa shape index (κ3) is 5.32. The van der Waals surface area contributed by atoms with Crippen LogP contribution in [0.15, 0.2) is 60.9 Å². The number of hydrogen-bond acceptors (Lipinski definition) is 4. The number of aromatic nitrogens is 2. The summed E-state index contributed by atoms with van der Waals surface area (Å²) >= 11 is 0. The number of carbonyl (C=O) groups excluding carboxylic acids is 1. The zero-order chi connectivity index (χ0) is 19.1. The van der Waals surface area contributed by atoms with Crippen molar-refractivity contribution in [3.8, 4) is 0 Å². The summed E-state index contributed by atoms with van der Waals surface area (Å²) in [5.74, 6) is -0.741. The molecule has 0 saturated heterocycles. The minimum Gasteiger partial charge on any atom is -0.392 e. The number of rotatable bonds is 6. The van der Waals surface area contributed by atoms with Crippen molar-refractivity contribution in [2.75, 3.05) is 10.6 Å². The van der Waals surface area contributed by atoms with E-state index in [0.29, 0.717) is 11.3 Å². The Bertz CT molecular complexity index is 919. The Morgan fingerprint density at radius 2 is 1.85 bits per heavy atom. The molecule has 0 aliphatic carbocycles. The quantitative estimate of drug-likeness (QED) is 0.583. The van der Waals surface area contributed by atoms with Gasteiger partial charge in [0, 0.05) is 35.4 Å². The Hall–Kier alpha value is -3.32. The maximum Gasteiger partial charge on any atom is 0.323 e. The first-order chi connectivity index (χ1) is 13.1. The number of halogens is 1. The Morgan fingerprint density at radius 1 is 1.04 bits per heavy atom. The van der Waals surface area contributed by atoms with Gasteiger partial charge in [-0.1, -0.05) is 30.3 Å². The summed E-state index contributed by atoms with van der Waals surface area (Å²) < 4.78 is 13.3. The molecule has 6 nitrogen and oxygen atoms in total. The Morgan fingerprint density at radius 3 is 2.63 bits per heavy atom. The molecular weight excluding hydrogens is 347 g/mol. The number of nitrogens with one attached hydrogen (secondary N) is 2. The number of pyridine rings is 2. The van der Waals surface area contributed by atoms with E-state index in [0.717, 1.165) is 24.6 Å². The van der Waals surface area contributed by atoms with Crippen LogP contribution < -0.4 is 10.6 Å². The first-order valence-corrected chi connectivity index (χ1v) is 8.46. The van der Waals surface area contributed by atoms with Crippen LogP contribution in [0.5, 0.6) is 0 Å². The molecule has 2 amide bonds. The first-order valence-electron chi connectivity index (χ1n) is 8.46. The molecule has 0 saturated carbocycles. The third-order valence-corrected chi connectivity index (χ3v) is 3.96. The predicted molar refractivity (Wildman–Crippen MR) is 101 cm³/mol. The summed E-state index contributed by atoms with van der Waals surface area (Å²) in [6.07, 6.45) is 4.39. The van der Waals surface area contributed by atoms with Gasteiger partial charge in [0.25, 0.3) is 0 Å². The minimum absolute atomic E-state index is 0.167. The van der Waals surface area contributed by atoms with Gasteiger partial charge in [0.05, 0.1) is 12.3 Å². The van der Waals surface area contributed by atoms with E-state index < -0.39 is 12.0 Å². The van der Waals surface area contributed by atoms with Crippen molar-refractivity contribution in [3.05, 3.63) is 83.7 Å². The largest absolute Gasteiger partial charge is 0.392 e. The topological polar surface area (TPSA) is 87.1 Å². The van der Waals surface area contributed by atoms with Gasteiger partial charge < -0.3 is 15.7 Å². The average molecular weight is 366 g/mol. The molecule has 0 aliphatic heterocycles. The number of carbonyl (C=O) groups is 1. The number of benzene rings is 1. The number of nitrogens with zero attached hydrogens (tertiary/aromatic N) is 2. The van der Waals surface area contributed by atoms with Crippen molar-refractivity contribution in [2.45, 2.75) is 19.4 Å². The Balaban J connectivity index is 1.62. The Kier molecular flexibility index (Phi) is 6.06. The fourth-order valence-electron chi connectivity index (χ4n) is 2.59. The number of anilines is 2. The van der Waals surface area contributed by atoms with E-state index in [4.69, 9.17) is 0 Å². The highest BCUT2D eigenvalue weighted by Gasteiger charge is 2.09. The van der Waals surface area contributed by atoms with Crippen molar-refractivity contribution < 1.29 is 14.3 Å². The number of hydrogen-bond donors (Lipinski definition) is 3. The van der Waals surface area contributed by atoms with Crippen LogP contribution in [0.2, 0.25) is 0 Å². The average Bonchev–Trinajstić information content (AvgIpc) is 2.67. The molecule has 138 valence electrons. The smallest absolute Gasteiger partial charge is 0.323 e. The highest BCUT2D eigenvalue weighted by atomic mass is 19.1. The molecule has 2 heterocycles. The van der Waals surface area contributed by atoms with Crippen molar-refractivity contribution in [2.24, 2.45) is 0 Å². The zero-order valence-corrected chi connectivity index (χ0v) is 14.5. The van der Waals surface area contributed by atoms with Gasteiger partial charge >= 0.3 is 6.03 Å². The van der Waals surface area contributed by atoms with Crippen LogP contribution in [0, 0.1) is 5.95 Å². The second-order valence-corrected chi connectivity index (χ2v) is 5.92. The van der Waals surface area contributed by atoms with Crippen LogP contribution in [0.1, 0.15) is 16.8 Å². The van der Waals surface area contributed by atoms with Crippen molar-refractivity contribution in [1.82, 2.24) is 9.97 Å². The number of aliphatic hydroxyl groups is 1. The van der Waals surface area contributed by atoms with E-state index in [-0.39, 0.29) is 12.3 Å². The van der Waals surface area contributed by atoms with Crippen molar-refractivity contribution in [1.29, 1.82) is 0 Å². The fraction of sp³-hybridized carbons (Fsp3) is 0.150. The number of urea groups is 1. The van der Waals surface area contributed by atoms with Crippen LogP contribution in [-0.2, 0) is 19.4 Å². The van der Waals surface area contributed by atoms with Gasteiger partial charge in [0.1, 0.15) is 0 Å². The Labute approximate surface area is 156 Å². The van der Waals surface area contributed by atoms with Gasteiger partial charge in [-0.25, -0.2) is 9.78 Å². The lowest BCUT2D eigenvalue weighted by Gasteiger charge is -2.11. The number of aryl methyl sites for hydroxylation is 2. The summed E-state index contributed by atoms with van der Waals surface area (Å²) in [6.45, 7) is -0.359. The number of aliphatic hydroxyl groups excluding tert-OH is 1. The molecule has 3 aromatic rings. The van der Waals surface area contributed by atoms with E-state index in [1.165, 1.54) is 11.8 Å². The van der Waals surface area contributed by atoms with Crippen LogP contribution >= 0.6 is 0 Å². The molecule has 0 atom stereocenters. The molecule has 0 bridgehead atoms. The van der Waals surface area contributed by atoms with Gasteiger partial charge in [-0.2, -0.15) is 4.39 Å². The molecule has 7 heteroatoms. The van der Waals surface area contributed by atoms with E-state index in [1.807, 2.05) is 18.2 Å². The summed E-state index contributed by atoms with van der Waals surface area (Å²) in [6, 6.07) is 14.1. The monoisotopic (exact) mass is 366 g/mol. The summed E-state index contributed by atoms with van der Waals surface area (Å²) in [4.78, 5) is 20.0. The van der Waals surface area contributed by atoms with Gasteiger partial charge in [-0.3, -0.25) is 4.98 Å². The molecule has 3 rings (SSSR count). The third-order valence-electron chi connectivity index (χ3n) is 3.96. The minimum atomic E-state index is -0.741. The lowest BCUT2D eigenvalue weighted by molar-refractivity contribution is 0.262. The van der Waals surface area contributed by atoms with Crippen LogP contribution in [0.25, 0.3) is 0 Å². The summed E-state index contributed by atoms with van der Waals surface area (Å²) in [7, 11) is 0. The van der Waals surface area contributed by atoms with E-state index in [2.05, 4.69) is 32.7 Å². The van der Waals surface area contributed by atoms with Crippen LogP contribution in [0.3, 0.4) is 0 Å². The lowest BCUT2D eigenvalue weighted by Crippen LogP contribution is -2.20. The molecule has 2 aromatic heterocycles. The SMILES string of the molecule is O=C(Nc1ccnc(CCc2ccccc2)c1)Nc1cc(F)ncc1CO. The fourth-order valence-corrected chi connectivity index (χ4v) is 2.59. The zero-order valence-electron chi connectivity index (χ0n) is 14.5. The molecule has 0 aliphatic rings. The molecule has 27 heavy (non-hydrogen) atoms. The second kappa shape index (κ2) is 8.86. The normalized spacial score (nSPS) is 10.4. The van der Waals surface area contributed by atoms with Crippen molar-refractivity contribution in [3.63, 3.8) is 0 Å². The van der Waals surface area contributed by atoms with Crippen molar-refractivity contribution >= 4 is 17.4 Å². The lowest BCUT2D eigenvalue weighted by atomic mass is 10.1. The second-order valence-electron chi connectivity index (χ2n) is 5.92. The molecule has 0 radical (unpaired) electrons. The van der Waals surface area contributed by atoms with Gasteiger partial charge in [-0.15, -0.1) is 0 Å². The summed E-state index contributed by atoms with van der Waals surface area (Å²) in [5, 5.41) is 14.5. The first kappa shape index (κ1) is 18.5. The highest BCUT2D eigenvalue weighted by molar-refractivity contribution is 6.00. The molecule has 0 fully saturated rings.